The van der Waals surface area contributed by atoms with Crippen molar-refractivity contribution >= 4 is 24.2 Å². The Bertz CT molecular complexity index is 1290. The summed E-state index contributed by atoms with van der Waals surface area (Å²) in [6.07, 6.45) is -4.14. The van der Waals surface area contributed by atoms with E-state index in [0.29, 0.717) is 35.5 Å². The van der Waals surface area contributed by atoms with Crippen LogP contribution in [0.15, 0.2) is 48.5 Å². The van der Waals surface area contributed by atoms with E-state index in [1.165, 1.54) is 19.2 Å². The number of piperidine rings is 1. The molecule has 0 bridgehead atoms. The van der Waals surface area contributed by atoms with Gasteiger partial charge >= 0.3 is 6.18 Å². The van der Waals surface area contributed by atoms with E-state index in [0.717, 1.165) is 5.56 Å². The molecule has 2 amide bonds. The third kappa shape index (κ3) is 7.25. The Morgan fingerprint density at radius 1 is 1.18 bits per heavy atom. The number of halogens is 4. The summed E-state index contributed by atoms with van der Waals surface area (Å²) in [6, 6.07) is 14.1. The van der Waals surface area contributed by atoms with E-state index in [9.17, 15) is 22.8 Å². The van der Waals surface area contributed by atoms with Crippen molar-refractivity contribution in [2.24, 2.45) is 0 Å². The molecule has 3 aromatic rings. The molecule has 2 heterocycles. The van der Waals surface area contributed by atoms with Gasteiger partial charge in [0.2, 0.25) is 11.8 Å². The number of hydrogen-bond acceptors (Lipinski definition) is 8. The molecule has 15 heteroatoms. The number of hydrogen-bond donors (Lipinski definition) is 3. The van der Waals surface area contributed by atoms with Crippen LogP contribution < -0.4 is 15.4 Å². The van der Waals surface area contributed by atoms with Crippen LogP contribution in [0.3, 0.4) is 0 Å². The number of alkyl halides is 3. The number of tetrazole rings is 1. The number of benzene rings is 2. The van der Waals surface area contributed by atoms with Crippen molar-refractivity contribution in [1.29, 1.82) is 0 Å². The third-order valence-corrected chi connectivity index (χ3v) is 6.56. The van der Waals surface area contributed by atoms with Crippen LogP contribution in [0.25, 0.3) is 5.69 Å². The number of carbonyl (C=O) groups is 2. The molecule has 1 fully saturated rings. The van der Waals surface area contributed by atoms with Crippen molar-refractivity contribution in [2.45, 2.75) is 31.1 Å². The smallest absolute Gasteiger partial charge is 0.453 e. The van der Waals surface area contributed by atoms with Crippen molar-refractivity contribution in [3.8, 4) is 11.4 Å². The molecule has 1 aliphatic heterocycles. The van der Waals surface area contributed by atoms with Crippen LogP contribution in [0.1, 0.15) is 29.3 Å². The van der Waals surface area contributed by atoms with Gasteiger partial charge < -0.3 is 25.4 Å². The maximum atomic E-state index is 13.3. The number of nitrogens with zero attached hydrogens (tertiary/aromatic N) is 5. The number of methoxy groups -OCH3 is 1. The van der Waals surface area contributed by atoms with Crippen molar-refractivity contribution in [3.63, 3.8) is 0 Å². The molecule has 3 N–H and O–H groups in total. The molecule has 0 saturated carbocycles. The number of aliphatic hydroxyl groups is 1. The summed E-state index contributed by atoms with van der Waals surface area (Å²) >= 11 is 0. The van der Waals surface area contributed by atoms with Crippen LogP contribution in [-0.4, -0.2) is 81.4 Å². The fourth-order valence-corrected chi connectivity index (χ4v) is 4.62. The first-order valence-electron chi connectivity index (χ1n) is 12.2. The SMILES string of the molecule is COc1ccc(-n2nnnc2C(F)(F)F)cc1CN[C@H]1CCN(C(=O)CNC(=O)CO)C[C@H]1c1ccccc1.Cl. The third-order valence-electron chi connectivity index (χ3n) is 6.56. The standard InChI is InChI=1S/C25H28F3N7O4.ClH/c1-39-21-8-7-18(35-24(25(26,27)28)31-32-33-35)11-17(21)12-29-20-9-10-34(23(38)13-30-22(37)15-36)14-19(20)16-5-3-2-4-6-16;/h2-8,11,19-20,29,36H,9-10,12-15H2,1H3,(H,30,37);1H/t19-,20-;/m0./s1. The normalized spacial score (nSPS) is 17.2. The van der Waals surface area contributed by atoms with Crippen molar-refractivity contribution in [2.75, 3.05) is 33.4 Å². The molecule has 0 aliphatic carbocycles. The van der Waals surface area contributed by atoms with Gasteiger partial charge in [-0.2, -0.15) is 17.9 Å². The lowest BCUT2D eigenvalue weighted by molar-refractivity contribution is -0.146. The van der Waals surface area contributed by atoms with Crippen molar-refractivity contribution in [3.05, 3.63) is 65.5 Å². The second kappa shape index (κ2) is 13.5. The highest BCUT2D eigenvalue weighted by molar-refractivity contribution is 5.85. The predicted molar refractivity (Wildman–Crippen MR) is 139 cm³/mol. The van der Waals surface area contributed by atoms with Crippen LogP contribution in [0, 0.1) is 0 Å². The topological polar surface area (TPSA) is 134 Å². The van der Waals surface area contributed by atoms with Gasteiger partial charge in [0.05, 0.1) is 19.3 Å². The summed E-state index contributed by atoms with van der Waals surface area (Å²) in [7, 11) is 1.48. The second-order valence-electron chi connectivity index (χ2n) is 8.98. The van der Waals surface area contributed by atoms with Gasteiger partial charge in [0.15, 0.2) is 0 Å². The summed E-state index contributed by atoms with van der Waals surface area (Å²) < 4.78 is 46.1. The van der Waals surface area contributed by atoms with Crippen LogP contribution in [0.2, 0.25) is 0 Å². The first-order valence-corrected chi connectivity index (χ1v) is 12.2. The van der Waals surface area contributed by atoms with E-state index in [1.807, 2.05) is 30.3 Å². The number of amides is 2. The Labute approximate surface area is 234 Å². The van der Waals surface area contributed by atoms with E-state index < -0.39 is 24.5 Å². The molecule has 216 valence electrons. The van der Waals surface area contributed by atoms with Crippen LogP contribution in [-0.2, 0) is 22.3 Å². The zero-order chi connectivity index (χ0) is 28.0. The number of aromatic nitrogens is 4. The number of nitrogens with one attached hydrogen (secondary N) is 2. The Kier molecular flexibility index (Phi) is 10.4. The van der Waals surface area contributed by atoms with Gasteiger partial charge in [0.1, 0.15) is 12.4 Å². The monoisotopic (exact) mass is 583 g/mol. The van der Waals surface area contributed by atoms with Crippen molar-refractivity contribution in [1.82, 2.24) is 35.7 Å². The molecule has 2 aromatic carbocycles. The van der Waals surface area contributed by atoms with Crippen LogP contribution in [0.5, 0.6) is 5.75 Å². The maximum Gasteiger partial charge on any atom is 0.453 e. The first-order chi connectivity index (χ1) is 18.7. The zero-order valence-electron chi connectivity index (χ0n) is 21.5. The van der Waals surface area contributed by atoms with E-state index in [2.05, 4.69) is 26.2 Å². The Morgan fingerprint density at radius 2 is 1.93 bits per heavy atom. The molecule has 2 atom stereocenters. The molecule has 0 radical (unpaired) electrons. The average Bonchev–Trinajstić information content (AvgIpc) is 3.46. The summed E-state index contributed by atoms with van der Waals surface area (Å²) in [5.41, 5.74) is 1.75. The number of likely N-dealkylation sites (tertiary alicyclic amines) is 1. The zero-order valence-corrected chi connectivity index (χ0v) is 22.3. The molecule has 1 aliphatic rings. The number of aliphatic hydroxyl groups excluding tert-OH is 1. The highest BCUT2D eigenvalue weighted by Crippen LogP contribution is 2.31. The molecule has 1 aromatic heterocycles. The lowest BCUT2D eigenvalue weighted by Gasteiger charge is -2.39. The fraction of sp³-hybridized carbons (Fsp3) is 0.400. The lowest BCUT2D eigenvalue weighted by Crippen LogP contribution is -2.51. The lowest BCUT2D eigenvalue weighted by atomic mass is 9.85. The van der Waals surface area contributed by atoms with Gasteiger partial charge in [-0.15, -0.1) is 17.5 Å². The highest BCUT2D eigenvalue weighted by Gasteiger charge is 2.38. The Morgan fingerprint density at radius 3 is 2.60 bits per heavy atom. The van der Waals surface area contributed by atoms with Crippen LogP contribution >= 0.6 is 12.4 Å². The molecule has 1 saturated heterocycles. The fourth-order valence-electron chi connectivity index (χ4n) is 4.62. The molecular formula is C25H29ClF3N7O4. The van der Waals surface area contributed by atoms with Gasteiger partial charge in [-0.3, -0.25) is 9.59 Å². The van der Waals surface area contributed by atoms with Crippen molar-refractivity contribution < 1.29 is 32.6 Å². The van der Waals surface area contributed by atoms with Gasteiger partial charge in [-0.1, -0.05) is 30.3 Å². The summed E-state index contributed by atoms with van der Waals surface area (Å²) in [4.78, 5) is 25.7. The molecule has 11 nitrogen and oxygen atoms in total. The summed E-state index contributed by atoms with van der Waals surface area (Å²) in [6.45, 7) is 0.203. The van der Waals surface area contributed by atoms with E-state index in [-0.39, 0.29) is 49.1 Å². The Balaban J connectivity index is 0.00000441. The van der Waals surface area contributed by atoms with Gasteiger partial charge in [-0.25, -0.2) is 0 Å². The molecular weight excluding hydrogens is 555 g/mol. The molecule has 40 heavy (non-hydrogen) atoms. The highest BCUT2D eigenvalue weighted by atomic mass is 35.5. The molecule has 0 spiro atoms. The Hall–Kier alpha value is -3.75. The largest absolute Gasteiger partial charge is 0.496 e. The maximum absolute atomic E-state index is 13.3. The summed E-state index contributed by atoms with van der Waals surface area (Å²) in [5, 5.41) is 24.6. The molecule has 4 rings (SSSR count). The minimum absolute atomic E-state index is 0. The quantitative estimate of drug-likeness (QED) is 0.347. The minimum atomic E-state index is -4.73. The summed E-state index contributed by atoms with van der Waals surface area (Å²) in [5.74, 6) is -1.73. The number of rotatable bonds is 9. The first kappa shape index (κ1) is 30.8. The minimum Gasteiger partial charge on any atom is -0.496 e. The van der Waals surface area contributed by atoms with Gasteiger partial charge in [-0.05, 0) is 40.6 Å². The van der Waals surface area contributed by atoms with E-state index in [1.54, 1.807) is 11.0 Å². The average molecular weight is 584 g/mol. The predicted octanol–water partition coefficient (Wildman–Crippen LogP) is 1.69. The molecule has 0 unspecified atom stereocenters. The van der Waals surface area contributed by atoms with Gasteiger partial charge in [0.25, 0.3) is 5.82 Å². The van der Waals surface area contributed by atoms with Gasteiger partial charge in [0, 0.05) is 37.2 Å². The van der Waals surface area contributed by atoms with E-state index in [4.69, 9.17) is 9.84 Å². The van der Waals surface area contributed by atoms with E-state index >= 15 is 0 Å². The van der Waals surface area contributed by atoms with Crippen LogP contribution in [0.4, 0.5) is 13.2 Å². The number of carbonyl (C=O) groups excluding carboxylic acids is 2. The second-order valence-corrected chi connectivity index (χ2v) is 8.98. The number of ether oxygens (including phenoxy) is 1.